The molecule has 0 fully saturated rings. The predicted octanol–water partition coefficient (Wildman–Crippen LogP) is 18.1. The normalized spacial score (nSPS) is 16.2. The van der Waals surface area contributed by atoms with Crippen LogP contribution in [0.4, 0.5) is 176 Å². The number of esters is 4. The smallest absolute Gasteiger partial charge is 0.462 e. The number of carbonyl (C=O) groups excluding carboxylic acids is 4. The minimum Gasteiger partial charge on any atom is -0.462 e. The molecule has 0 saturated heterocycles. The van der Waals surface area contributed by atoms with Crippen molar-refractivity contribution in [1.29, 1.82) is 0 Å². The zero-order chi connectivity index (χ0) is 82.1. The van der Waals surface area contributed by atoms with E-state index in [0.29, 0.717) is 0 Å². The van der Waals surface area contributed by atoms with Crippen LogP contribution in [0.25, 0.3) is 0 Å². The minimum atomic E-state index is -7.48. The van der Waals surface area contributed by atoms with Gasteiger partial charge in [-0.15, -0.1) is 0 Å². The van der Waals surface area contributed by atoms with Crippen LogP contribution in [0.5, 0.6) is 23.0 Å². The second-order valence-electron chi connectivity index (χ2n) is 17.7. The van der Waals surface area contributed by atoms with Crippen LogP contribution in [0.2, 0.25) is 0 Å². The lowest BCUT2D eigenvalue weighted by Crippen LogP contribution is -2.59. The standard InChI is InChI=1S/C22H12Cl2F20O8.C22H13ClF20O8/c1-3-47-11(45)7-5-10(50-22(43,44)16(24,30)52-20(39,40)14(27,28)18(34,35)36)8(12(46)48-4-2)6-9(7)49-21(41,42)15(23,29)51-19(37,38)13(25,26)17(31,32)33;1-3-46-11(44)7-6-10(49-22(42,43)17(23,31)51-21(40,41)16(29,30)19(35,36)37)8(12(45)47-4-2)5-9(7)48-14(25,26)13(24)50-20(38,39)15(27,28)18(32,33)34/h5-6H,3-4H2,1-2H3;5-6,13H,3-4H2,1-2H3. The summed E-state index contributed by atoms with van der Waals surface area (Å²) in [6.07, 6.45) is -89.7. The van der Waals surface area contributed by atoms with E-state index in [1.54, 1.807) is 0 Å². The Morgan fingerprint density at radius 2 is 0.476 bits per heavy atom. The molecule has 59 heteroatoms. The van der Waals surface area contributed by atoms with Crippen LogP contribution < -0.4 is 18.9 Å². The zero-order valence-corrected chi connectivity index (χ0v) is 50.3. The van der Waals surface area contributed by atoms with Crippen LogP contribution in [0, 0.1) is 0 Å². The molecule has 0 aliphatic carbocycles. The molecule has 4 atom stereocenters. The topological polar surface area (TPSA) is 179 Å². The maximum absolute atomic E-state index is 14.6. The molecular weight excluding hydrogens is 1650 g/mol. The number of hydrogen-bond donors (Lipinski definition) is 0. The van der Waals surface area contributed by atoms with E-state index in [9.17, 15) is 195 Å². The van der Waals surface area contributed by atoms with Gasteiger partial charge in [0.2, 0.25) is 0 Å². The average molecular weight is 1680 g/mol. The van der Waals surface area contributed by atoms with Crippen molar-refractivity contribution in [3.63, 3.8) is 0 Å². The SMILES string of the molecule is CCOC(=O)c1cc(OC(F)(F)C(F)(Cl)OC(F)(F)C(F)(F)C(F)(F)F)c(C(=O)OCC)cc1OC(F)(F)C(F)(Cl)OC(F)(F)C(F)(F)C(F)(F)F.CCOC(=O)c1cc(OC(F)(F)C(F)(Cl)OC(F)(F)C(F)(F)C(F)(F)F)c(C(=O)OCC)cc1OC(F)(F)C(F)OC(F)(F)C(F)(F)C(F)(F)F. The molecule has 0 aliphatic rings. The van der Waals surface area contributed by atoms with Crippen molar-refractivity contribution < 1.29 is 252 Å². The average Bonchev–Trinajstić information content (AvgIpc) is 0.761. The largest absolute Gasteiger partial charge is 0.476 e. The summed E-state index contributed by atoms with van der Waals surface area (Å²) in [7, 11) is 0. The summed E-state index contributed by atoms with van der Waals surface area (Å²) in [5.74, 6) is -47.7. The van der Waals surface area contributed by atoms with E-state index in [1.165, 1.54) is 0 Å². The van der Waals surface area contributed by atoms with Gasteiger partial charge in [0.25, 0.3) is 0 Å². The highest BCUT2D eigenvalue weighted by Crippen LogP contribution is 2.57. The van der Waals surface area contributed by atoms with Crippen molar-refractivity contribution in [1.82, 2.24) is 0 Å². The maximum atomic E-state index is 14.6. The number of ether oxygens (including phenoxy) is 12. The van der Waals surface area contributed by atoms with Gasteiger partial charge in [-0.1, -0.05) is 0 Å². The van der Waals surface area contributed by atoms with Gasteiger partial charge in [-0.05, 0) is 86.8 Å². The Morgan fingerprint density at radius 1 is 0.301 bits per heavy atom. The van der Waals surface area contributed by atoms with Crippen molar-refractivity contribution in [3.8, 4) is 23.0 Å². The maximum Gasteiger partial charge on any atom is 0.476 e. The molecule has 0 heterocycles. The monoisotopic (exact) mass is 1670 g/mol. The molecule has 4 unspecified atom stereocenters. The van der Waals surface area contributed by atoms with Crippen LogP contribution in [0.1, 0.15) is 69.1 Å². The molecule has 0 radical (unpaired) electrons. The van der Waals surface area contributed by atoms with Crippen molar-refractivity contribution in [3.05, 3.63) is 46.5 Å². The summed E-state index contributed by atoms with van der Waals surface area (Å²) >= 11 is 12.9. The number of benzene rings is 2. The fraction of sp³-hybridized carbons (Fsp3) is 0.636. The second kappa shape index (κ2) is 30.7. The van der Waals surface area contributed by atoms with Crippen LogP contribution in [0.15, 0.2) is 24.3 Å². The van der Waals surface area contributed by atoms with Gasteiger partial charge in [-0.25, -0.2) is 23.6 Å². The lowest BCUT2D eigenvalue weighted by molar-refractivity contribution is -0.470. The van der Waals surface area contributed by atoms with Gasteiger partial charge in [0.1, 0.15) is 45.3 Å². The van der Waals surface area contributed by atoms with Gasteiger partial charge in [0, 0.05) is 0 Å². The van der Waals surface area contributed by atoms with Crippen LogP contribution >= 0.6 is 34.8 Å². The van der Waals surface area contributed by atoms with E-state index >= 15 is 0 Å². The molecule has 0 saturated carbocycles. The van der Waals surface area contributed by atoms with Crippen molar-refractivity contribution >= 4 is 58.7 Å². The molecule has 598 valence electrons. The summed E-state index contributed by atoms with van der Waals surface area (Å²) < 4.78 is 574. The van der Waals surface area contributed by atoms with Gasteiger partial charge >= 0.3 is 143 Å². The lowest BCUT2D eigenvalue weighted by Gasteiger charge is -2.34. The first kappa shape index (κ1) is 94.4. The van der Waals surface area contributed by atoms with E-state index < -0.39 is 239 Å². The predicted molar refractivity (Wildman–Crippen MR) is 241 cm³/mol. The van der Waals surface area contributed by atoms with Crippen molar-refractivity contribution in [2.45, 2.75) is 147 Å². The fourth-order valence-electron chi connectivity index (χ4n) is 5.50. The minimum absolute atomic E-state index is 0.555. The Hall–Kier alpha value is -6.57. The van der Waals surface area contributed by atoms with Gasteiger partial charge in [0.15, 0.2) is 0 Å². The number of rotatable bonds is 32. The highest BCUT2D eigenvalue weighted by Gasteiger charge is 2.82. The molecular formula is C44H25Cl3F40O16. The Bertz CT molecular complexity index is 3190. The molecule has 2 aromatic carbocycles. The van der Waals surface area contributed by atoms with Crippen LogP contribution in [-0.4, -0.2) is 170 Å². The molecule has 2 aromatic rings. The molecule has 0 aromatic heterocycles. The lowest BCUT2D eigenvalue weighted by atomic mass is 10.1. The van der Waals surface area contributed by atoms with Gasteiger partial charge in [0.05, 0.1) is 26.4 Å². The third-order valence-corrected chi connectivity index (χ3v) is 11.2. The second-order valence-corrected chi connectivity index (χ2v) is 19.2. The van der Waals surface area contributed by atoms with E-state index in [-0.39, 0.29) is 0 Å². The summed E-state index contributed by atoms with van der Waals surface area (Å²) in [6, 6.07) is -2.35. The zero-order valence-electron chi connectivity index (χ0n) is 48.0. The summed E-state index contributed by atoms with van der Waals surface area (Å²) in [4.78, 5) is 49.4. The summed E-state index contributed by atoms with van der Waals surface area (Å²) in [5, 5.41) is -19.1. The molecule has 2 rings (SSSR count). The molecule has 0 N–H and O–H groups in total. The molecule has 16 nitrogen and oxygen atoms in total. The first-order valence-electron chi connectivity index (χ1n) is 24.4. The fourth-order valence-corrected chi connectivity index (χ4v) is 5.91. The van der Waals surface area contributed by atoms with E-state index in [2.05, 4.69) is 91.6 Å². The molecule has 0 aliphatic heterocycles. The van der Waals surface area contributed by atoms with E-state index in [4.69, 9.17) is 0 Å². The number of halogens is 43. The Kier molecular flexibility index (Phi) is 28.2. The quantitative estimate of drug-likeness (QED) is 0.0292. The molecule has 0 bridgehead atoms. The highest BCUT2D eigenvalue weighted by molar-refractivity contribution is 6.23. The van der Waals surface area contributed by atoms with Crippen LogP contribution in [-0.2, 0) is 37.9 Å². The van der Waals surface area contributed by atoms with Gasteiger partial charge < -0.3 is 37.9 Å². The third-order valence-electron chi connectivity index (χ3n) is 10.3. The van der Waals surface area contributed by atoms with Gasteiger partial charge in [-0.2, -0.15) is 171 Å². The first-order valence-corrected chi connectivity index (χ1v) is 25.6. The van der Waals surface area contributed by atoms with E-state index in [0.717, 1.165) is 27.7 Å². The highest BCUT2D eigenvalue weighted by atomic mass is 35.5. The van der Waals surface area contributed by atoms with Crippen molar-refractivity contribution in [2.24, 2.45) is 0 Å². The molecule has 103 heavy (non-hydrogen) atoms. The van der Waals surface area contributed by atoms with E-state index in [1.807, 2.05) is 0 Å². The Morgan fingerprint density at radius 3 is 0.650 bits per heavy atom. The first-order chi connectivity index (χ1) is 45.2. The number of hydrogen-bond acceptors (Lipinski definition) is 16. The van der Waals surface area contributed by atoms with Crippen LogP contribution in [0.3, 0.4) is 0 Å². The Balaban J connectivity index is 0.00000103. The summed E-state index contributed by atoms with van der Waals surface area (Å²) in [6.45, 7) is -0.0599. The van der Waals surface area contributed by atoms with Gasteiger partial charge in [-0.3, -0.25) is 18.9 Å². The summed E-state index contributed by atoms with van der Waals surface area (Å²) in [5.41, 5.74) is -7.97. The van der Waals surface area contributed by atoms with Crippen molar-refractivity contribution in [2.75, 3.05) is 26.4 Å². The molecule has 0 spiro atoms. The third kappa shape index (κ3) is 20.5. The number of alkyl halides is 43. The Labute approximate surface area is 553 Å². The number of carbonyl (C=O) groups is 4. The molecule has 0 amide bonds.